The van der Waals surface area contributed by atoms with Crippen LogP contribution in [0.25, 0.3) is 0 Å². The summed E-state index contributed by atoms with van der Waals surface area (Å²) in [6, 6.07) is 5.12. The second-order valence-electron chi connectivity index (χ2n) is 10.0. The average molecular weight is 403 g/mol. The van der Waals surface area contributed by atoms with Gasteiger partial charge in [-0.1, -0.05) is 0 Å². The van der Waals surface area contributed by atoms with Crippen LogP contribution in [0.3, 0.4) is 0 Å². The van der Waals surface area contributed by atoms with Crippen LogP contribution in [0.4, 0.5) is 0 Å². The third-order valence-corrected chi connectivity index (χ3v) is 8.52. The highest BCUT2D eigenvalue weighted by Crippen LogP contribution is 2.53. The van der Waals surface area contributed by atoms with Crippen molar-refractivity contribution in [3.63, 3.8) is 0 Å². The molecule has 0 aromatic heterocycles. The zero-order chi connectivity index (χ0) is 20.0. The van der Waals surface area contributed by atoms with Gasteiger partial charge in [0.1, 0.15) is 32.7 Å². The Bertz CT molecular complexity index is 701. The largest absolute Gasteiger partial charge is 0.493 e. The van der Waals surface area contributed by atoms with E-state index in [1.807, 2.05) is 11.0 Å². The standard InChI is InChI=1S/C24H36N2O3/c1-27-21-5-4-18(23(28-2)24(21)29-3)15-25-6-8-26(9-7-25)22-19-11-16-10-17(13-19)14-20(22)12-16/h4-5,16-17,19-20,22H,6-15H2,1-3H3/p+2. The van der Waals surface area contributed by atoms with Crippen LogP contribution in [0.1, 0.15) is 37.7 Å². The summed E-state index contributed by atoms with van der Waals surface area (Å²) in [5.41, 5.74) is 1.22. The Morgan fingerprint density at radius 2 is 1.38 bits per heavy atom. The van der Waals surface area contributed by atoms with E-state index in [0.717, 1.165) is 47.8 Å². The van der Waals surface area contributed by atoms with E-state index in [1.54, 1.807) is 58.3 Å². The molecular formula is C24H38N2O3+2. The average Bonchev–Trinajstić information content (AvgIpc) is 2.73. The van der Waals surface area contributed by atoms with Gasteiger partial charge in [-0.25, -0.2) is 0 Å². The smallest absolute Gasteiger partial charge is 0.203 e. The first-order chi connectivity index (χ1) is 14.2. The van der Waals surface area contributed by atoms with Crippen LogP contribution in [-0.2, 0) is 6.54 Å². The summed E-state index contributed by atoms with van der Waals surface area (Å²) < 4.78 is 16.7. The molecule has 1 aromatic rings. The molecule has 1 aromatic carbocycles. The van der Waals surface area contributed by atoms with E-state index in [4.69, 9.17) is 14.2 Å². The van der Waals surface area contributed by atoms with E-state index in [0.29, 0.717) is 5.75 Å². The molecule has 1 heterocycles. The molecule has 5 fully saturated rings. The Morgan fingerprint density at radius 1 is 0.759 bits per heavy atom. The number of ether oxygens (including phenoxy) is 3. The normalized spacial score (nSPS) is 38.1. The van der Waals surface area contributed by atoms with Gasteiger partial charge in [0.25, 0.3) is 0 Å². The zero-order valence-electron chi connectivity index (χ0n) is 18.3. The summed E-state index contributed by atoms with van der Waals surface area (Å²) >= 11 is 0. The summed E-state index contributed by atoms with van der Waals surface area (Å²) in [6.45, 7) is 6.18. The lowest BCUT2D eigenvalue weighted by Gasteiger charge is -2.55. The maximum absolute atomic E-state index is 5.71. The van der Waals surface area contributed by atoms with Crippen LogP contribution in [0.2, 0.25) is 0 Å². The molecule has 160 valence electrons. The summed E-state index contributed by atoms with van der Waals surface area (Å²) in [4.78, 5) is 3.60. The van der Waals surface area contributed by atoms with Gasteiger partial charge in [-0.05, 0) is 56.1 Å². The molecule has 0 amide bonds. The Labute approximate surface area is 175 Å². The second-order valence-corrected chi connectivity index (χ2v) is 10.0. The van der Waals surface area contributed by atoms with Crippen molar-refractivity contribution in [3.8, 4) is 17.2 Å². The van der Waals surface area contributed by atoms with Crippen LogP contribution >= 0.6 is 0 Å². The van der Waals surface area contributed by atoms with E-state index in [9.17, 15) is 0 Å². The Balaban J connectivity index is 1.23. The summed E-state index contributed by atoms with van der Waals surface area (Å²) in [7, 11) is 5.09. The van der Waals surface area contributed by atoms with Crippen LogP contribution in [0.5, 0.6) is 17.2 Å². The molecule has 1 aliphatic heterocycles. The summed E-state index contributed by atoms with van der Waals surface area (Å²) in [5, 5.41) is 0. The molecule has 5 nitrogen and oxygen atoms in total. The highest BCUT2D eigenvalue weighted by atomic mass is 16.5. The number of piperazine rings is 1. The molecule has 6 rings (SSSR count). The molecular weight excluding hydrogens is 364 g/mol. The highest BCUT2D eigenvalue weighted by Gasteiger charge is 2.52. The van der Waals surface area contributed by atoms with E-state index >= 15 is 0 Å². The SMILES string of the molecule is COc1ccc(C[NH+]2CC[NH+](C3C4CC5CC(C4)CC3C5)CC2)c(OC)c1OC. The molecule has 2 N–H and O–H groups in total. The first-order valence-electron chi connectivity index (χ1n) is 11.7. The van der Waals surface area contributed by atoms with Crippen molar-refractivity contribution in [1.82, 2.24) is 0 Å². The minimum absolute atomic E-state index is 0.713. The van der Waals surface area contributed by atoms with Gasteiger partial charge >= 0.3 is 0 Å². The quantitative estimate of drug-likeness (QED) is 0.740. The second kappa shape index (κ2) is 7.99. The fourth-order valence-corrected chi connectivity index (χ4v) is 7.60. The van der Waals surface area contributed by atoms with Gasteiger partial charge in [-0.3, -0.25) is 0 Å². The van der Waals surface area contributed by atoms with Gasteiger partial charge in [-0.15, -0.1) is 0 Å². The summed E-state index contributed by atoms with van der Waals surface area (Å²) in [5.74, 6) is 6.51. The lowest BCUT2D eigenvalue weighted by Crippen LogP contribution is -3.30. The van der Waals surface area contributed by atoms with E-state index < -0.39 is 0 Å². The van der Waals surface area contributed by atoms with Gasteiger partial charge in [0.05, 0.1) is 32.9 Å². The van der Waals surface area contributed by atoms with Gasteiger partial charge in [0.15, 0.2) is 11.5 Å². The number of hydrogen-bond acceptors (Lipinski definition) is 3. The van der Waals surface area contributed by atoms with E-state index in [2.05, 4.69) is 6.07 Å². The minimum atomic E-state index is 0.713. The minimum Gasteiger partial charge on any atom is -0.493 e. The zero-order valence-corrected chi connectivity index (χ0v) is 18.3. The molecule has 0 atom stereocenters. The Morgan fingerprint density at radius 3 is 1.93 bits per heavy atom. The third kappa shape index (κ3) is 3.50. The highest BCUT2D eigenvalue weighted by molar-refractivity contribution is 5.55. The molecule has 0 unspecified atom stereocenters. The molecule has 4 saturated carbocycles. The van der Waals surface area contributed by atoms with Crippen LogP contribution in [0.15, 0.2) is 12.1 Å². The summed E-state index contributed by atoms with van der Waals surface area (Å²) in [6.07, 6.45) is 7.72. The van der Waals surface area contributed by atoms with Crippen molar-refractivity contribution in [2.75, 3.05) is 47.5 Å². The van der Waals surface area contributed by atoms with Crippen LogP contribution in [0, 0.1) is 23.7 Å². The predicted molar refractivity (Wildman–Crippen MR) is 112 cm³/mol. The van der Waals surface area contributed by atoms with Crippen molar-refractivity contribution >= 4 is 0 Å². The number of benzene rings is 1. The first-order valence-corrected chi connectivity index (χ1v) is 11.7. The number of methoxy groups -OCH3 is 3. The molecule has 5 aliphatic rings. The molecule has 29 heavy (non-hydrogen) atoms. The topological polar surface area (TPSA) is 36.6 Å². The van der Waals surface area contributed by atoms with E-state index in [1.165, 1.54) is 31.7 Å². The number of rotatable bonds is 6. The van der Waals surface area contributed by atoms with Crippen LogP contribution in [-0.4, -0.2) is 53.6 Å². The van der Waals surface area contributed by atoms with Crippen molar-refractivity contribution in [3.05, 3.63) is 17.7 Å². The molecule has 0 radical (unpaired) electrons. The van der Waals surface area contributed by atoms with E-state index in [-0.39, 0.29) is 0 Å². The third-order valence-electron chi connectivity index (χ3n) is 8.52. The monoisotopic (exact) mass is 402 g/mol. The van der Waals surface area contributed by atoms with Crippen molar-refractivity contribution in [2.24, 2.45) is 23.7 Å². The van der Waals surface area contributed by atoms with Crippen LogP contribution < -0.4 is 24.0 Å². The molecule has 5 heteroatoms. The Kier molecular flexibility index (Phi) is 5.37. The van der Waals surface area contributed by atoms with Gasteiger partial charge < -0.3 is 24.0 Å². The van der Waals surface area contributed by atoms with Crippen molar-refractivity contribution < 1.29 is 24.0 Å². The lowest BCUT2D eigenvalue weighted by molar-refractivity contribution is -1.03. The fourth-order valence-electron chi connectivity index (χ4n) is 7.60. The fraction of sp³-hybridized carbons (Fsp3) is 0.750. The molecule has 4 aliphatic carbocycles. The number of quaternary nitrogens is 2. The van der Waals surface area contributed by atoms with Gasteiger partial charge in [-0.2, -0.15) is 0 Å². The molecule has 4 bridgehead atoms. The maximum atomic E-state index is 5.71. The maximum Gasteiger partial charge on any atom is 0.203 e. The number of nitrogens with one attached hydrogen (secondary N) is 2. The lowest BCUT2D eigenvalue weighted by atomic mass is 9.54. The number of hydrogen-bond donors (Lipinski definition) is 2. The first kappa shape index (κ1) is 19.5. The predicted octanol–water partition coefficient (Wildman–Crippen LogP) is 0.821. The molecule has 1 saturated heterocycles. The molecule has 0 spiro atoms. The van der Waals surface area contributed by atoms with Gasteiger partial charge in [0.2, 0.25) is 5.75 Å². The Hall–Kier alpha value is -1.46. The van der Waals surface area contributed by atoms with Crippen molar-refractivity contribution in [2.45, 2.75) is 44.7 Å². The van der Waals surface area contributed by atoms with Gasteiger partial charge in [0, 0.05) is 11.8 Å². The van der Waals surface area contributed by atoms with Crippen molar-refractivity contribution in [1.29, 1.82) is 0 Å².